The molecule has 0 saturated carbocycles. The molecule has 21 heavy (non-hydrogen) atoms. The van der Waals surface area contributed by atoms with E-state index in [0.717, 1.165) is 28.3 Å². The zero-order valence-electron chi connectivity index (χ0n) is 12.8. The second-order valence-electron chi connectivity index (χ2n) is 5.73. The van der Waals surface area contributed by atoms with Crippen molar-refractivity contribution in [3.63, 3.8) is 0 Å². The van der Waals surface area contributed by atoms with E-state index in [4.69, 9.17) is 5.11 Å². The van der Waals surface area contributed by atoms with Crippen molar-refractivity contribution < 1.29 is 9.90 Å². The van der Waals surface area contributed by atoms with Crippen molar-refractivity contribution in [2.75, 3.05) is 5.75 Å². The number of carboxylic acid groups (broad SMARTS) is 1. The van der Waals surface area contributed by atoms with Crippen LogP contribution in [0.4, 0.5) is 0 Å². The van der Waals surface area contributed by atoms with Crippen LogP contribution in [-0.2, 0) is 4.79 Å². The molecule has 0 bridgehead atoms. The summed E-state index contributed by atoms with van der Waals surface area (Å²) in [5.41, 5.74) is 2.77. The summed E-state index contributed by atoms with van der Waals surface area (Å²) in [5.74, 6) is -0.268. The number of nitrogens with zero attached hydrogens (tertiary/aromatic N) is 3. The molecule has 1 atom stereocenters. The molecule has 2 aromatic heterocycles. The average molecular weight is 307 g/mol. The first kappa shape index (κ1) is 15.8. The Bertz CT molecular complexity index is 652. The number of hydrogen-bond donors (Lipinski definition) is 1. The van der Waals surface area contributed by atoms with Crippen molar-refractivity contribution in [3.8, 4) is 0 Å². The van der Waals surface area contributed by atoms with E-state index in [2.05, 4.69) is 35.3 Å². The van der Waals surface area contributed by atoms with Crippen LogP contribution in [0.3, 0.4) is 0 Å². The van der Waals surface area contributed by atoms with Gasteiger partial charge >= 0.3 is 5.97 Å². The predicted octanol–water partition coefficient (Wildman–Crippen LogP) is 3.52. The molecule has 2 rings (SSSR count). The largest absolute Gasteiger partial charge is 0.481 e. The molecule has 0 aliphatic rings. The van der Waals surface area contributed by atoms with E-state index in [0.29, 0.717) is 5.92 Å². The van der Waals surface area contributed by atoms with Crippen molar-refractivity contribution >= 4 is 28.9 Å². The third-order valence-electron chi connectivity index (χ3n) is 3.33. The molecular weight excluding hydrogens is 286 g/mol. The highest BCUT2D eigenvalue weighted by atomic mass is 32.2. The quantitative estimate of drug-likeness (QED) is 0.827. The third-order valence-corrected chi connectivity index (χ3v) is 4.26. The number of aromatic nitrogens is 3. The number of hydrogen-bond acceptors (Lipinski definition) is 4. The maximum Gasteiger partial charge on any atom is 0.313 e. The molecule has 1 unspecified atom stereocenters. The molecule has 0 aliphatic heterocycles. The van der Waals surface area contributed by atoms with E-state index in [1.165, 1.54) is 11.8 Å². The van der Waals surface area contributed by atoms with Crippen molar-refractivity contribution in [2.45, 2.75) is 45.3 Å². The van der Waals surface area contributed by atoms with Crippen molar-refractivity contribution in [2.24, 2.45) is 5.92 Å². The van der Waals surface area contributed by atoms with Crippen LogP contribution in [0.5, 0.6) is 0 Å². The number of aliphatic carboxylic acids is 1. The molecule has 0 fully saturated rings. The van der Waals surface area contributed by atoms with E-state index in [9.17, 15) is 4.79 Å². The molecule has 5 nitrogen and oxygen atoms in total. The van der Waals surface area contributed by atoms with Crippen LogP contribution < -0.4 is 0 Å². The number of carboxylic acids is 1. The molecule has 0 aromatic carbocycles. The van der Waals surface area contributed by atoms with Gasteiger partial charge in [-0.25, -0.2) is 9.97 Å². The van der Waals surface area contributed by atoms with Gasteiger partial charge in [-0.3, -0.25) is 4.79 Å². The van der Waals surface area contributed by atoms with E-state index >= 15 is 0 Å². The van der Waals surface area contributed by atoms with Crippen molar-refractivity contribution in [1.82, 2.24) is 14.5 Å². The summed E-state index contributed by atoms with van der Waals surface area (Å²) in [6.45, 7) is 8.49. The molecule has 2 heterocycles. The van der Waals surface area contributed by atoms with Crippen LogP contribution in [0.1, 0.15) is 38.8 Å². The van der Waals surface area contributed by atoms with E-state index < -0.39 is 5.97 Å². The van der Waals surface area contributed by atoms with Crippen molar-refractivity contribution in [1.29, 1.82) is 0 Å². The SMILES string of the molecule is Cc1ccnc2c1nc(SCC(=O)O)n2C(C)CC(C)C. The molecule has 0 saturated heterocycles. The molecule has 1 N–H and O–H groups in total. The average Bonchev–Trinajstić information content (AvgIpc) is 2.75. The maximum atomic E-state index is 10.8. The Hall–Kier alpha value is -1.56. The summed E-state index contributed by atoms with van der Waals surface area (Å²) in [6.07, 6.45) is 2.78. The first-order valence-electron chi connectivity index (χ1n) is 7.08. The highest BCUT2D eigenvalue weighted by Crippen LogP contribution is 2.30. The summed E-state index contributed by atoms with van der Waals surface area (Å²) >= 11 is 1.26. The molecule has 0 spiro atoms. The molecule has 0 aliphatic carbocycles. The molecule has 114 valence electrons. The highest BCUT2D eigenvalue weighted by Gasteiger charge is 2.19. The summed E-state index contributed by atoms with van der Waals surface area (Å²) < 4.78 is 2.08. The summed E-state index contributed by atoms with van der Waals surface area (Å²) in [4.78, 5) is 19.9. The minimum Gasteiger partial charge on any atom is -0.481 e. The Morgan fingerprint density at radius 3 is 2.76 bits per heavy atom. The minimum absolute atomic E-state index is 0.0107. The molecule has 0 amide bonds. The first-order valence-corrected chi connectivity index (χ1v) is 8.06. The summed E-state index contributed by atoms with van der Waals surface area (Å²) in [6, 6.07) is 2.17. The van der Waals surface area contributed by atoms with Gasteiger partial charge in [0, 0.05) is 12.2 Å². The van der Waals surface area contributed by atoms with Gasteiger partial charge in [-0.2, -0.15) is 0 Å². The number of pyridine rings is 1. The zero-order valence-corrected chi connectivity index (χ0v) is 13.6. The van der Waals surface area contributed by atoms with Crippen LogP contribution in [0, 0.1) is 12.8 Å². The van der Waals surface area contributed by atoms with Gasteiger partial charge < -0.3 is 9.67 Å². The lowest BCUT2D eigenvalue weighted by atomic mass is 10.1. The van der Waals surface area contributed by atoms with Crippen LogP contribution in [0.15, 0.2) is 17.4 Å². The molecule has 0 radical (unpaired) electrons. The fraction of sp³-hybridized carbons (Fsp3) is 0.533. The monoisotopic (exact) mass is 307 g/mol. The normalized spacial score (nSPS) is 13.0. The second kappa shape index (κ2) is 6.47. The lowest BCUT2D eigenvalue weighted by Crippen LogP contribution is -2.11. The van der Waals surface area contributed by atoms with E-state index in [-0.39, 0.29) is 11.8 Å². The standard InChI is InChI=1S/C15H21N3O2S/c1-9(2)7-11(4)18-14-13(10(3)5-6-16-14)17-15(18)21-8-12(19)20/h5-6,9,11H,7-8H2,1-4H3,(H,19,20). The number of thioether (sulfide) groups is 1. The third kappa shape index (κ3) is 3.56. The highest BCUT2D eigenvalue weighted by molar-refractivity contribution is 7.99. The van der Waals surface area contributed by atoms with Crippen molar-refractivity contribution in [3.05, 3.63) is 17.8 Å². The fourth-order valence-electron chi connectivity index (χ4n) is 2.50. The molecular formula is C15H21N3O2S. The number of rotatable bonds is 6. The Morgan fingerprint density at radius 1 is 1.43 bits per heavy atom. The Morgan fingerprint density at radius 2 is 2.14 bits per heavy atom. The van der Waals surface area contributed by atoms with Gasteiger partial charge in [-0.1, -0.05) is 25.6 Å². The first-order chi connectivity index (χ1) is 9.90. The Labute approximate surface area is 128 Å². The van der Waals surface area contributed by atoms with Gasteiger partial charge in [-0.15, -0.1) is 0 Å². The Kier molecular flexibility index (Phi) is 4.88. The van der Waals surface area contributed by atoms with Crippen LogP contribution >= 0.6 is 11.8 Å². The second-order valence-corrected chi connectivity index (χ2v) is 6.67. The van der Waals surface area contributed by atoms with Gasteiger partial charge in [0.2, 0.25) is 0 Å². The van der Waals surface area contributed by atoms with Gasteiger partial charge in [0.05, 0.1) is 5.75 Å². The zero-order chi connectivity index (χ0) is 15.6. The fourth-order valence-corrected chi connectivity index (χ4v) is 3.32. The van der Waals surface area contributed by atoms with Gasteiger partial charge in [-0.05, 0) is 37.8 Å². The van der Waals surface area contributed by atoms with E-state index in [1.54, 1.807) is 6.20 Å². The lowest BCUT2D eigenvalue weighted by Gasteiger charge is -2.18. The van der Waals surface area contributed by atoms with E-state index in [1.807, 2.05) is 13.0 Å². The smallest absolute Gasteiger partial charge is 0.313 e. The maximum absolute atomic E-state index is 10.8. The topological polar surface area (TPSA) is 68.0 Å². The predicted molar refractivity (Wildman–Crippen MR) is 84.8 cm³/mol. The molecule has 2 aromatic rings. The number of carbonyl (C=O) groups is 1. The number of aryl methyl sites for hydroxylation is 1. The van der Waals surface area contributed by atoms with Gasteiger partial charge in [0.25, 0.3) is 0 Å². The summed E-state index contributed by atoms with van der Waals surface area (Å²) in [7, 11) is 0. The Balaban J connectivity index is 2.49. The minimum atomic E-state index is -0.834. The molecule has 6 heteroatoms. The lowest BCUT2D eigenvalue weighted by molar-refractivity contribution is -0.133. The van der Waals surface area contributed by atoms with Crippen LogP contribution in [0.25, 0.3) is 11.2 Å². The van der Waals surface area contributed by atoms with Gasteiger partial charge in [0.15, 0.2) is 10.8 Å². The number of imidazole rings is 1. The van der Waals surface area contributed by atoms with Crippen LogP contribution in [-0.4, -0.2) is 31.4 Å². The van der Waals surface area contributed by atoms with Crippen LogP contribution in [0.2, 0.25) is 0 Å². The summed E-state index contributed by atoms with van der Waals surface area (Å²) in [5, 5.41) is 9.64. The van der Waals surface area contributed by atoms with Gasteiger partial charge in [0.1, 0.15) is 5.52 Å². The number of fused-ring (bicyclic) bond motifs is 1.